The van der Waals surface area contributed by atoms with E-state index >= 15 is 0 Å². The fraction of sp³-hybridized carbons (Fsp3) is 0.583. The minimum Gasteiger partial charge on any atom is -0.444 e. The van der Waals surface area contributed by atoms with E-state index in [1.807, 2.05) is 0 Å². The van der Waals surface area contributed by atoms with Gasteiger partial charge in [-0.2, -0.15) is 0 Å². The summed E-state index contributed by atoms with van der Waals surface area (Å²) in [6.45, 7) is 8.64. The van der Waals surface area contributed by atoms with Crippen LogP contribution in [0.2, 0.25) is 0 Å². The Morgan fingerprint density at radius 2 is 2.06 bits per heavy atom. The summed E-state index contributed by atoms with van der Waals surface area (Å²) >= 11 is 0. The van der Waals surface area contributed by atoms with Gasteiger partial charge < -0.3 is 19.4 Å². The summed E-state index contributed by atoms with van der Waals surface area (Å²) in [5.41, 5.74) is 0.521. The molecular formula is C12H18N2O4. The quantitative estimate of drug-likeness (QED) is 0.835. The fourth-order valence-electron chi connectivity index (χ4n) is 1.54. The first kappa shape index (κ1) is 14.2. The number of hydrogen-bond acceptors (Lipinski definition) is 5. The van der Waals surface area contributed by atoms with Crippen molar-refractivity contribution >= 4 is 12.4 Å². The highest BCUT2D eigenvalue weighted by Gasteiger charge is 2.24. The maximum Gasteiger partial charge on any atom is 0.408 e. The molecular weight excluding hydrogens is 236 g/mol. The molecule has 1 amide bonds. The number of nitrogens with one attached hydrogen (secondary N) is 1. The number of carbonyl (C=O) groups excluding carboxylic acids is 2. The van der Waals surface area contributed by atoms with Crippen molar-refractivity contribution in [3.63, 3.8) is 0 Å². The summed E-state index contributed by atoms with van der Waals surface area (Å²) in [4.78, 5) is 22.7. The van der Waals surface area contributed by atoms with Gasteiger partial charge in [-0.3, -0.25) is 0 Å². The number of amides is 1. The van der Waals surface area contributed by atoms with E-state index in [2.05, 4.69) is 10.5 Å². The average molecular weight is 254 g/mol. The number of nitrogens with zero attached hydrogens (tertiary/aromatic N) is 1. The van der Waals surface area contributed by atoms with Gasteiger partial charge in [-0.05, 0) is 34.6 Å². The lowest BCUT2D eigenvalue weighted by atomic mass is 10.1. The second-order valence-electron chi connectivity index (χ2n) is 5.00. The Labute approximate surface area is 106 Å². The van der Waals surface area contributed by atoms with E-state index in [0.717, 1.165) is 0 Å². The Morgan fingerprint density at radius 3 is 2.44 bits per heavy atom. The topological polar surface area (TPSA) is 81.4 Å². The molecule has 1 atom stereocenters. The number of hydrogen-bond donors (Lipinski definition) is 1. The number of aryl methyl sites for hydroxylation is 2. The molecule has 1 N–H and O–H groups in total. The summed E-state index contributed by atoms with van der Waals surface area (Å²) in [5, 5.41) is 6.22. The van der Waals surface area contributed by atoms with E-state index in [9.17, 15) is 9.59 Å². The first-order chi connectivity index (χ1) is 8.24. The van der Waals surface area contributed by atoms with Crippen LogP contribution in [0.5, 0.6) is 0 Å². The van der Waals surface area contributed by atoms with Gasteiger partial charge in [-0.25, -0.2) is 4.79 Å². The van der Waals surface area contributed by atoms with Gasteiger partial charge >= 0.3 is 6.09 Å². The monoisotopic (exact) mass is 254 g/mol. The molecule has 0 saturated carbocycles. The first-order valence-corrected chi connectivity index (χ1v) is 5.62. The molecule has 0 aromatic carbocycles. The van der Waals surface area contributed by atoms with Crippen molar-refractivity contribution in [1.82, 2.24) is 10.5 Å². The number of alkyl carbamates (subject to hydrolysis) is 1. The molecule has 1 rings (SSSR count). The second-order valence-corrected chi connectivity index (χ2v) is 5.00. The minimum absolute atomic E-state index is 0.501. The molecule has 6 heteroatoms. The van der Waals surface area contributed by atoms with Gasteiger partial charge in [0.2, 0.25) is 0 Å². The predicted molar refractivity (Wildman–Crippen MR) is 64.2 cm³/mol. The zero-order chi connectivity index (χ0) is 13.9. The third-order valence-electron chi connectivity index (χ3n) is 2.21. The number of rotatable bonds is 3. The van der Waals surface area contributed by atoms with Gasteiger partial charge in [0.25, 0.3) is 0 Å². The maximum absolute atomic E-state index is 11.6. The lowest BCUT2D eigenvalue weighted by molar-refractivity contribution is -0.109. The van der Waals surface area contributed by atoms with Crippen molar-refractivity contribution in [1.29, 1.82) is 0 Å². The van der Waals surface area contributed by atoms with E-state index in [-0.39, 0.29) is 0 Å². The van der Waals surface area contributed by atoms with E-state index < -0.39 is 17.7 Å². The van der Waals surface area contributed by atoms with Crippen molar-refractivity contribution in [2.75, 3.05) is 0 Å². The highest BCUT2D eigenvalue weighted by atomic mass is 16.6. The molecule has 100 valence electrons. The zero-order valence-electron chi connectivity index (χ0n) is 11.2. The van der Waals surface area contributed by atoms with Gasteiger partial charge in [0.15, 0.2) is 0 Å². The predicted octanol–water partition coefficient (Wildman–Crippen LogP) is 2.06. The fourth-order valence-corrected chi connectivity index (χ4v) is 1.54. The van der Waals surface area contributed by atoms with Crippen molar-refractivity contribution in [3.05, 3.63) is 17.0 Å². The van der Waals surface area contributed by atoms with Crippen LogP contribution in [-0.4, -0.2) is 23.1 Å². The van der Waals surface area contributed by atoms with Crippen molar-refractivity contribution in [3.8, 4) is 0 Å². The molecule has 1 unspecified atom stereocenters. The van der Waals surface area contributed by atoms with Gasteiger partial charge in [-0.15, -0.1) is 0 Å². The Morgan fingerprint density at radius 1 is 1.44 bits per heavy atom. The summed E-state index contributed by atoms with van der Waals surface area (Å²) < 4.78 is 10.0. The molecule has 1 aromatic rings. The lowest BCUT2D eigenvalue weighted by Gasteiger charge is -2.21. The van der Waals surface area contributed by atoms with Crippen molar-refractivity contribution in [2.45, 2.75) is 46.3 Å². The number of aromatic nitrogens is 1. The molecule has 1 aromatic heterocycles. The smallest absolute Gasteiger partial charge is 0.408 e. The van der Waals surface area contributed by atoms with Crippen LogP contribution in [0, 0.1) is 13.8 Å². The average Bonchev–Trinajstić information content (AvgIpc) is 2.53. The van der Waals surface area contributed by atoms with E-state index in [4.69, 9.17) is 9.26 Å². The van der Waals surface area contributed by atoms with Crippen LogP contribution >= 0.6 is 0 Å². The van der Waals surface area contributed by atoms with Crippen LogP contribution < -0.4 is 5.32 Å². The summed E-state index contributed by atoms with van der Waals surface area (Å²) in [6, 6.07) is -0.814. The molecule has 0 aliphatic carbocycles. The van der Waals surface area contributed by atoms with Crippen LogP contribution in [0.15, 0.2) is 4.52 Å². The van der Waals surface area contributed by atoms with Gasteiger partial charge in [0, 0.05) is 5.56 Å². The summed E-state index contributed by atoms with van der Waals surface area (Å²) in [6.07, 6.45) is -0.0317. The summed E-state index contributed by atoms with van der Waals surface area (Å²) in [5.74, 6) is 0.501. The molecule has 1 heterocycles. The number of aldehydes is 1. The number of ether oxygens (including phenoxy) is 1. The second kappa shape index (κ2) is 5.20. The largest absolute Gasteiger partial charge is 0.444 e. The van der Waals surface area contributed by atoms with E-state index in [1.54, 1.807) is 34.6 Å². The van der Waals surface area contributed by atoms with Gasteiger partial charge in [0.05, 0.1) is 5.69 Å². The Kier molecular flexibility index (Phi) is 4.11. The standard InChI is InChI=1S/C12H18N2O4/c1-7-10(8(2)18-14-7)9(6-15)13-11(16)17-12(3,4)5/h6,9H,1-5H3,(H,13,16). The summed E-state index contributed by atoms with van der Waals surface area (Å²) in [7, 11) is 0. The van der Waals surface area contributed by atoms with Crippen LogP contribution in [0.1, 0.15) is 43.8 Å². The maximum atomic E-state index is 11.6. The third-order valence-corrected chi connectivity index (χ3v) is 2.21. The molecule has 0 fully saturated rings. The van der Waals surface area contributed by atoms with Crippen LogP contribution in [-0.2, 0) is 9.53 Å². The Hall–Kier alpha value is -1.85. The van der Waals surface area contributed by atoms with Crippen LogP contribution in [0.4, 0.5) is 4.79 Å². The molecule has 0 aliphatic rings. The Balaban J connectivity index is 2.81. The van der Waals surface area contributed by atoms with E-state index in [0.29, 0.717) is 23.3 Å². The minimum atomic E-state index is -0.814. The third kappa shape index (κ3) is 3.58. The van der Waals surface area contributed by atoms with Gasteiger partial charge in [0.1, 0.15) is 23.7 Å². The molecule has 0 bridgehead atoms. The molecule has 0 radical (unpaired) electrons. The molecule has 6 nitrogen and oxygen atoms in total. The van der Waals surface area contributed by atoms with Crippen LogP contribution in [0.25, 0.3) is 0 Å². The zero-order valence-corrected chi connectivity index (χ0v) is 11.2. The Bertz CT molecular complexity index is 426. The molecule has 0 saturated heterocycles. The normalized spacial score (nSPS) is 12.9. The van der Waals surface area contributed by atoms with Crippen molar-refractivity contribution < 1.29 is 18.8 Å². The van der Waals surface area contributed by atoms with Crippen LogP contribution in [0.3, 0.4) is 0 Å². The van der Waals surface area contributed by atoms with Crippen molar-refractivity contribution in [2.24, 2.45) is 0 Å². The highest BCUT2D eigenvalue weighted by molar-refractivity contribution is 5.75. The molecule has 0 spiro atoms. The van der Waals surface area contributed by atoms with Gasteiger partial charge in [-0.1, -0.05) is 5.16 Å². The SMILES string of the molecule is Cc1noc(C)c1C(C=O)NC(=O)OC(C)(C)C. The molecule has 18 heavy (non-hydrogen) atoms. The number of carbonyl (C=O) groups is 2. The highest BCUT2D eigenvalue weighted by Crippen LogP contribution is 2.20. The van der Waals surface area contributed by atoms with E-state index in [1.165, 1.54) is 0 Å². The first-order valence-electron chi connectivity index (χ1n) is 5.62. The molecule has 0 aliphatic heterocycles. The lowest BCUT2D eigenvalue weighted by Crippen LogP contribution is -2.35.